The fourth-order valence-electron chi connectivity index (χ4n) is 2.79. The van der Waals surface area contributed by atoms with Gasteiger partial charge in [0.15, 0.2) is 0 Å². The second-order valence-corrected chi connectivity index (χ2v) is 5.15. The van der Waals surface area contributed by atoms with Crippen LogP contribution in [-0.4, -0.2) is 7.85 Å². The van der Waals surface area contributed by atoms with Crippen LogP contribution in [0.1, 0.15) is 0 Å². The predicted octanol–water partition coefficient (Wildman–Crippen LogP) is 3.51. The van der Waals surface area contributed by atoms with Crippen LogP contribution in [0, 0.1) is 0 Å². The molecule has 0 saturated carbocycles. The van der Waals surface area contributed by atoms with Crippen molar-refractivity contribution in [3.05, 3.63) is 66.7 Å². The first-order chi connectivity index (χ1) is 9.83. The molecule has 0 spiro atoms. The van der Waals surface area contributed by atoms with Gasteiger partial charge in [0.25, 0.3) is 0 Å². The van der Waals surface area contributed by atoms with Crippen molar-refractivity contribution in [3.8, 4) is 11.1 Å². The first kappa shape index (κ1) is 11.4. The van der Waals surface area contributed by atoms with Gasteiger partial charge in [-0.1, -0.05) is 66.1 Å². The fourth-order valence-corrected chi connectivity index (χ4v) is 2.79. The molecule has 0 amide bonds. The van der Waals surface area contributed by atoms with E-state index >= 15 is 0 Å². The lowest BCUT2D eigenvalue weighted by atomic mass is 9.92. The van der Waals surface area contributed by atoms with Gasteiger partial charge < -0.3 is 4.42 Å². The van der Waals surface area contributed by atoms with Crippen LogP contribution in [0.5, 0.6) is 0 Å². The first-order valence-corrected chi connectivity index (χ1v) is 6.80. The van der Waals surface area contributed by atoms with E-state index in [1.165, 1.54) is 21.8 Å². The third-order valence-electron chi connectivity index (χ3n) is 3.73. The lowest BCUT2D eigenvalue weighted by Crippen LogP contribution is -2.00. The second-order valence-electron chi connectivity index (χ2n) is 5.15. The molecule has 4 rings (SSSR count). The molecule has 0 aliphatic heterocycles. The van der Waals surface area contributed by atoms with Crippen LogP contribution in [0.15, 0.2) is 71.1 Å². The Kier molecular flexibility index (Phi) is 2.43. The Morgan fingerprint density at radius 2 is 1.55 bits per heavy atom. The Morgan fingerprint density at radius 3 is 2.45 bits per heavy atom. The zero-order valence-corrected chi connectivity index (χ0v) is 11.3. The van der Waals surface area contributed by atoms with E-state index in [0.717, 1.165) is 16.7 Å². The van der Waals surface area contributed by atoms with E-state index in [0.29, 0.717) is 0 Å². The Hall–Kier alpha value is -2.48. The predicted molar refractivity (Wildman–Crippen MR) is 87.3 cm³/mol. The Bertz CT molecular complexity index is 921. The summed E-state index contributed by atoms with van der Waals surface area (Å²) in [4.78, 5) is 0. The fraction of sp³-hybridized carbons (Fsp3) is 0. The number of fused-ring (bicyclic) bond motifs is 3. The maximum atomic E-state index is 6.08. The highest BCUT2D eigenvalue weighted by Crippen LogP contribution is 2.35. The van der Waals surface area contributed by atoms with Crippen molar-refractivity contribution in [1.29, 1.82) is 0 Å². The Labute approximate surface area is 118 Å². The highest BCUT2D eigenvalue weighted by Gasteiger charge is 2.11. The van der Waals surface area contributed by atoms with Crippen molar-refractivity contribution < 1.29 is 4.42 Å². The lowest BCUT2D eigenvalue weighted by Gasteiger charge is -2.03. The van der Waals surface area contributed by atoms with Crippen LogP contribution < -0.4 is 5.46 Å². The maximum Gasteiger partial charge on any atom is 0.143 e. The van der Waals surface area contributed by atoms with Gasteiger partial charge in [0.05, 0.1) is 0 Å². The number of furan rings is 1. The van der Waals surface area contributed by atoms with Gasteiger partial charge in [0.1, 0.15) is 19.0 Å². The number of benzene rings is 3. The molecular formula is C18H13BO. The molecule has 4 aromatic rings. The van der Waals surface area contributed by atoms with Gasteiger partial charge in [0, 0.05) is 16.3 Å². The molecule has 94 valence electrons. The summed E-state index contributed by atoms with van der Waals surface area (Å²) in [6.07, 6.45) is 0. The summed E-state index contributed by atoms with van der Waals surface area (Å²) in [5, 5.41) is 2.36. The van der Waals surface area contributed by atoms with E-state index in [2.05, 4.69) is 62.4 Å². The normalized spacial score (nSPS) is 11.2. The minimum absolute atomic E-state index is 0.947. The highest BCUT2D eigenvalue weighted by atomic mass is 16.3. The largest absolute Gasteiger partial charge is 0.455 e. The molecule has 0 atom stereocenters. The molecule has 0 radical (unpaired) electrons. The van der Waals surface area contributed by atoms with Gasteiger partial charge in [-0.25, -0.2) is 0 Å². The van der Waals surface area contributed by atoms with Crippen LogP contribution in [0.4, 0.5) is 0 Å². The van der Waals surface area contributed by atoms with Gasteiger partial charge in [-0.05, 0) is 11.6 Å². The summed E-state index contributed by atoms with van der Waals surface area (Å²) in [5.74, 6) is 0. The van der Waals surface area contributed by atoms with E-state index < -0.39 is 0 Å². The maximum absolute atomic E-state index is 6.08. The zero-order chi connectivity index (χ0) is 13.5. The van der Waals surface area contributed by atoms with E-state index in [1.807, 2.05) is 12.1 Å². The summed E-state index contributed by atoms with van der Waals surface area (Å²) in [7, 11) is 2.11. The molecule has 0 saturated heterocycles. The van der Waals surface area contributed by atoms with Crippen molar-refractivity contribution in [3.63, 3.8) is 0 Å². The van der Waals surface area contributed by atoms with Gasteiger partial charge >= 0.3 is 0 Å². The van der Waals surface area contributed by atoms with E-state index in [9.17, 15) is 0 Å². The van der Waals surface area contributed by atoms with Gasteiger partial charge in [-0.3, -0.25) is 0 Å². The van der Waals surface area contributed by atoms with Crippen LogP contribution in [0.25, 0.3) is 33.1 Å². The van der Waals surface area contributed by atoms with Crippen LogP contribution in [0.2, 0.25) is 0 Å². The first-order valence-electron chi connectivity index (χ1n) is 6.80. The van der Waals surface area contributed by atoms with Crippen LogP contribution >= 0.6 is 0 Å². The molecule has 20 heavy (non-hydrogen) atoms. The lowest BCUT2D eigenvalue weighted by molar-refractivity contribution is 0.670. The molecule has 0 unspecified atom stereocenters. The molecule has 2 heteroatoms. The summed E-state index contributed by atoms with van der Waals surface area (Å²) in [5.41, 5.74) is 5.54. The van der Waals surface area contributed by atoms with E-state index in [4.69, 9.17) is 4.42 Å². The van der Waals surface area contributed by atoms with E-state index in [-0.39, 0.29) is 0 Å². The smallest absolute Gasteiger partial charge is 0.143 e. The molecule has 0 aliphatic carbocycles. The molecule has 3 aromatic carbocycles. The topological polar surface area (TPSA) is 13.1 Å². The van der Waals surface area contributed by atoms with Crippen LogP contribution in [0.3, 0.4) is 0 Å². The SMILES string of the molecule is Bc1cccc(-c2cccc3c2oc2ccccc23)c1. The highest BCUT2D eigenvalue weighted by molar-refractivity contribution is 6.32. The molecule has 1 nitrogen and oxygen atoms in total. The molecule has 0 aliphatic rings. The van der Waals surface area contributed by atoms with E-state index in [1.54, 1.807) is 0 Å². The quantitative estimate of drug-likeness (QED) is 0.475. The second kappa shape index (κ2) is 4.27. The zero-order valence-electron chi connectivity index (χ0n) is 11.3. The van der Waals surface area contributed by atoms with Gasteiger partial charge in [0.2, 0.25) is 0 Å². The average Bonchev–Trinajstić information content (AvgIpc) is 2.86. The number of hydrogen-bond acceptors (Lipinski definition) is 1. The summed E-state index contributed by atoms with van der Waals surface area (Å²) < 4.78 is 6.08. The van der Waals surface area contributed by atoms with Gasteiger partial charge in [-0.2, -0.15) is 0 Å². The summed E-state index contributed by atoms with van der Waals surface area (Å²) in [6, 6.07) is 23.1. The van der Waals surface area contributed by atoms with Crippen molar-refractivity contribution in [2.75, 3.05) is 0 Å². The van der Waals surface area contributed by atoms with Crippen molar-refractivity contribution in [2.24, 2.45) is 0 Å². The number of rotatable bonds is 1. The average molecular weight is 256 g/mol. The minimum atomic E-state index is 0.947. The third kappa shape index (κ3) is 1.65. The molecule has 0 bridgehead atoms. The molecule has 1 heterocycles. The van der Waals surface area contributed by atoms with Crippen molar-refractivity contribution in [2.45, 2.75) is 0 Å². The summed E-state index contributed by atoms with van der Waals surface area (Å²) >= 11 is 0. The van der Waals surface area contributed by atoms with Gasteiger partial charge in [-0.15, -0.1) is 0 Å². The molecule has 0 N–H and O–H groups in total. The van der Waals surface area contributed by atoms with Crippen LogP contribution in [-0.2, 0) is 0 Å². The number of para-hydroxylation sites is 2. The molecule has 0 fully saturated rings. The molecular weight excluding hydrogens is 243 g/mol. The van der Waals surface area contributed by atoms with Crippen molar-refractivity contribution in [1.82, 2.24) is 0 Å². The summed E-state index contributed by atoms with van der Waals surface area (Å²) in [6.45, 7) is 0. The third-order valence-corrected chi connectivity index (χ3v) is 3.73. The van der Waals surface area contributed by atoms with Crippen molar-refractivity contribution >= 4 is 35.2 Å². The number of hydrogen-bond donors (Lipinski definition) is 0. The molecule has 1 aromatic heterocycles. The Balaban J connectivity index is 2.10. The minimum Gasteiger partial charge on any atom is -0.455 e. The monoisotopic (exact) mass is 256 g/mol. The standard InChI is InChI=1S/C18H13BO/c19-13-6-3-5-12(11-13)14-8-4-9-16-15-7-1-2-10-17(15)20-18(14)16/h1-11H,19H2. The Morgan fingerprint density at radius 1 is 0.750 bits per heavy atom.